The molecule has 1 aromatic heterocycles. The Hall–Kier alpha value is -1.87. The molecule has 19 heavy (non-hydrogen) atoms. The Labute approximate surface area is 113 Å². The molecule has 1 aromatic carbocycles. The van der Waals surface area contributed by atoms with Crippen molar-refractivity contribution in [3.05, 3.63) is 59.3 Å². The van der Waals surface area contributed by atoms with Crippen molar-refractivity contribution in [1.82, 2.24) is 4.98 Å². The fourth-order valence-corrected chi connectivity index (χ4v) is 2.68. The Kier molecular flexibility index (Phi) is 3.22. The van der Waals surface area contributed by atoms with Crippen LogP contribution < -0.4 is 4.90 Å². The second-order valence-corrected chi connectivity index (χ2v) is 5.03. The summed E-state index contributed by atoms with van der Waals surface area (Å²) in [4.78, 5) is 6.72. The van der Waals surface area contributed by atoms with Gasteiger partial charge < -0.3 is 10.0 Å². The maximum atomic E-state index is 9.86. The van der Waals surface area contributed by atoms with E-state index in [1.54, 1.807) is 13.1 Å². The van der Waals surface area contributed by atoms with Gasteiger partial charge in [0.2, 0.25) is 0 Å². The van der Waals surface area contributed by atoms with Gasteiger partial charge in [0, 0.05) is 24.8 Å². The summed E-state index contributed by atoms with van der Waals surface area (Å²) in [5.74, 6) is 0.909. The van der Waals surface area contributed by atoms with Crippen molar-refractivity contribution in [3.8, 4) is 0 Å². The highest BCUT2D eigenvalue weighted by atomic mass is 16.3. The van der Waals surface area contributed by atoms with Gasteiger partial charge in [0.05, 0.1) is 6.10 Å². The van der Waals surface area contributed by atoms with Crippen LogP contribution in [0.3, 0.4) is 0 Å². The lowest BCUT2D eigenvalue weighted by molar-refractivity contribution is 0.199. The van der Waals surface area contributed by atoms with Crippen molar-refractivity contribution < 1.29 is 5.11 Å². The predicted octanol–water partition coefficient (Wildman–Crippen LogP) is 2.70. The van der Waals surface area contributed by atoms with E-state index in [1.807, 2.05) is 12.1 Å². The van der Waals surface area contributed by atoms with E-state index in [0.29, 0.717) is 0 Å². The molecule has 0 saturated carbocycles. The first-order valence-electron chi connectivity index (χ1n) is 6.70. The van der Waals surface area contributed by atoms with Crippen LogP contribution in [0.5, 0.6) is 0 Å². The molecule has 1 atom stereocenters. The number of hydrogen-bond donors (Lipinski definition) is 1. The molecule has 98 valence electrons. The van der Waals surface area contributed by atoms with Crippen molar-refractivity contribution in [2.45, 2.75) is 26.0 Å². The number of aliphatic hydroxyl groups is 1. The minimum absolute atomic E-state index is 0.485. The number of aromatic nitrogens is 1. The van der Waals surface area contributed by atoms with Gasteiger partial charge in [-0.05, 0) is 30.5 Å². The van der Waals surface area contributed by atoms with Crippen molar-refractivity contribution in [1.29, 1.82) is 0 Å². The largest absolute Gasteiger partial charge is 0.389 e. The van der Waals surface area contributed by atoms with Crippen LogP contribution in [0.2, 0.25) is 0 Å². The zero-order chi connectivity index (χ0) is 13.2. The number of rotatable bonds is 2. The molecule has 0 amide bonds. The quantitative estimate of drug-likeness (QED) is 0.895. The molecule has 0 bridgehead atoms. The van der Waals surface area contributed by atoms with Crippen molar-refractivity contribution >= 4 is 5.82 Å². The van der Waals surface area contributed by atoms with Gasteiger partial charge in [-0.2, -0.15) is 0 Å². The van der Waals surface area contributed by atoms with E-state index < -0.39 is 6.10 Å². The third kappa shape index (κ3) is 2.34. The second-order valence-electron chi connectivity index (χ2n) is 5.03. The molecule has 0 saturated heterocycles. The maximum Gasteiger partial charge on any atom is 0.134 e. The summed E-state index contributed by atoms with van der Waals surface area (Å²) < 4.78 is 0. The van der Waals surface area contributed by atoms with Gasteiger partial charge in [0.1, 0.15) is 5.82 Å². The van der Waals surface area contributed by atoms with Gasteiger partial charge in [-0.15, -0.1) is 0 Å². The molecule has 1 aliphatic heterocycles. The third-order valence-corrected chi connectivity index (χ3v) is 3.70. The highest BCUT2D eigenvalue weighted by molar-refractivity contribution is 5.50. The highest BCUT2D eigenvalue weighted by Gasteiger charge is 2.20. The van der Waals surface area contributed by atoms with E-state index in [9.17, 15) is 5.11 Å². The lowest BCUT2D eigenvalue weighted by atomic mass is 9.99. The Morgan fingerprint density at radius 1 is 1.16 bits per heavy atom. The number of pyridine rings is 1. The molecule has 1 aliphatic rings. The average Bonchev–Trinajstić information content (AvgIpc) is 2.46. The van der Waals surface area contributed by atoms with E-state index in [-0.39, 0.29) is 0 Å². The summed E-state index contributed by atoms with van der Waals surface area (Å²) in [5, 5.41) is 9.86. The van der Waals surface area contributed by atoms with Crippen LogP contribution in [-0.2, 0) is 13.0 Å². The van der Waals surface area contributed by atoms with E-state index in [1.165, 1.54) is 11.1 Å². The molecule has 3 nitrogen and oxygen atoms in total. The molecule has 0 unspecified atom stereocenters. The normalized spacial score (nSPS) is 16.0. The summed E-state index contributed by atoms with van der Waals surface area (Å²) in [5.41, 5.74) is 3.69. The number of anilines is 1. The topological polar surface area (TPSA) is 36.4 Å². The van der Waals surface area contributed by atoms with Crippen LogP contribution in [0.15, 0.2) is 42.6 Å². The van der Waals surface area contributed by atoms with Crippen LogP contribution in [0.1, 0.15) is 29.7 Å². The summed E-state index contributed by atoms with van der Waals surface area (Å²) in [6, 6.07) is 12.4. The first kappa shape index (κ1) is 12.2. The monoisotopic (exact) mass is 254 g/mol. The van der Waals surface area contributed by atoms with E-state index in [2.05, 4.69) is 34.1 Å². The van der Waals surface area contributed by atoms with E-state index in [4.69, 9.17) is 0 Å². The Balaban J connectivity index is 1.93. The van der Waals surface area contributed by atoms with Crippen LogP contribution in [0, 0.1) is 0 Å². The number of benzene rings is 1. The minimum Gasteiger partial charge on any atom is -0.389 e. The smallest absolute Gasteiger partial charge is 0.134 e. The number of aliphatic hydroxyl groups excluding tert-OH is 1. The molecule has 0 fully saturated rings. The number of nitrogens with zero attached hydrogens (tertiary/aromatic N) is 2. The molecule has 0 aliphatic carbocycles. The van der Waals surface area contributed by atoms with Crippen molar-refractivity contribution in [2.75, 3.05) is 11.4 Å². The molecule has 2 heterocycles. The fraction of sp³-hybridized carbons (Fsp3) is 0.312. The molecular weight excluding hydrogens is 236 g/mol. The Bertz CT molecular complexity index is 580. The molecule has 0 radical (unpaired) electrons. The standard InChI is InChI=1S/C16H18N2O/c1-12(19)15-7-4-9-17-16(15)18-10-8-13-5-2-3-6-14(13)11-18/h2-7,9,12,19H,8,10-11H2,1H3/t12-/m1/s1. The molecule has 3 heteroatoms. The SMILES string of the molecule is C[C@@H](O)c1cccnc1N1CCc2ccccc2C1. The van der Waals surface area contributed by atoms with Crippen LogP contribution in [-0.4, -0.2) is 16.6 Å². The number of fused-ring (bicyclic) bond motifs is 1. The molecule has 3 rings (SSSR count). The summed E-state index contributed by atoms with van der Waals surface area (Å²) in [7, 11) is 0. The van der Waals surface area contributed by atoms with E-state index >= 15 is 0 Å². The first-order chi connectivity index (χ1) is 9.25. The van der Waals surface area contributed by atoms with Gasteiger partial charge in [-0.1, -0.05) is 30.3 Å². The first-order valence-corrected chi connectivity index (χ1v) is 6.70. The lowest BCUT2D eigenvalue weighted by Gasteiger charge is -2.31. The average molecular weight is 254 g/mol. The van der Waals surface area contributed by atoms with Crippen molar-refractivity contribution in [2.24, 2.45) is 0 Å². The maximum absolute atomic E-state index is 9.86. The molecule has 0 spiro atoms. The van der Waals surface area contributed by atoms with Crippen molar-refractivity contribution in [3.63, 3.8) is 0 Å². The molecule has 2 aromatic rings. The van der Waals surface area contributed by atoms with Gasteiger partial charge >= 0.3 is 0 Å². The van der Waals surface area contributed by atoms with E-state index in [0.717, 1.165) is 30.9 Å². The van der Waals surface area contributed by atoms with Gasteiger partial charge in [-0.25, -0.2) is 4.98 Å². The van der Waals surface area contributed by atoms with Crippen LogP contribution in [0.25, 0.3) is 0 Å². The summed E-state index contributed by atoms with van der Waals surface area (Å²) in [6.07, 6.45) is 2.34. The molecule has 1 N–H and O–H groups in total. The fourth-order valence-electron chi connectivity index (χ4n) is 2.68. The van der Waals surface area contributed by atoms with Gasteiger partial charge in [0.25, 0.3) is 0 Å². The molecular formula is C16H18N2O. The predicted molar refractivity (Wildman–Crippen MR) is 76.1 cm³/mol. The zero-order valence-electron chi connectivity index (χ0n) is 11.1. The highest BCUT2D eigenvalue weighted by Crippen LogP contribution is 2.28. The third-order valence-electron chi connectivity index (χ3n) is 3.70. The Morgan fingerprint density at radius 3 is 2.74 bits per heavy atom. The minimum atomic E-state index is -0.485. The van der Waals surface area contributed by atoms with Crippen LogP contribution >= 0.6 is 0 Å². The zero-order valence-corrected chi connectivity index (χ0v) is 11.1. The number of hydrogen-bond acceptors (Lipinski definition) is 3. The van der Waals surface area contributed by atoms with Gasteiger partial charge in [0.15, 0.2) is 0 Å². The second kappa shape index (κ2) is 5.02. The summed E-state index contributed by atoms with van der Waals surface area (Å²) in [6.45, 7) is 3.61. The Morgan fingerprint density at radius 2 is 1.95 bits per heavy atom. The lowest BCUT2D eigenvalue weighted by Crippen LogP contribution is -2.32. The van der Waals surface area contributed by atoms with Crippen LogP contribution in [0.4, 0.5) is 5.82 Å². The summed E-state index contributed by atoms with van der Waals surface area (Å²) >= 11 is 0. The van der Waals surface area contributed by atoms with Gasteiger partial charge in [-0.3, -0.25) is 0 Å².